The van der Waals surface area contributed by atoms with Crippen molar-refractivity contribution in [3.05, 3.63) is 240 Å². The highest BCUT2D eigenvalue weighted by Gasteiger charge is 2.55. The average Bonchev–Trinajstić information content (AvgIpc) is 3.44. The Balaban J connectivity index is 1.09. The molecule has 0 radical (unpaired) electrons. The molecule has 2 aliphatic heterocycles. The van der Waals surface area contributed by atoms with E-state index in [1.165, 1.54) is 0 Å². The zero-order valence-electron chi connectivity index (χ0n) is 41.0. The fraction of sp³-hybridized carbons (Fsp3) is 0.344. The minimum atomic E-state index is -1.30. The molecule has 1 aliphatic carbocycles. The Morgan fingerprint density at radius 3 is 1.22 bits per heavy atom. The number of aliphatic hydroxyl groups excluding tert-OH is 1. The highest BCUT2D eigenvalue weighted by molar-refractivity contribution is 5.20. The van der Waals surface area contributed by atoms with Crippen LogP contribution in [-0.2, 0) is 87.0 Å². The van der Waals surface area contributed by atoms with Crippen molar-refractivity contribution in [2.24, 2.45) is 0 Å². The molecule has 6 aromatic carbocycles. The Kier molecular flexibility index (Phi) is 19.3. The first kappa shape index (κ1) is 52.2. The average molecular weight is 991 g/mol. The van der Waals surface area contributed by atoms with E-state index in [0.29, 0.717) is 13.0 Å². The second kappa shape index (κ2) is 27.0. The molecule has 2 unspecified atom stereocenters. The van der Waals surface area contributed by atoms with Crippen molar-refractivity contribution in [2.45, 2.75) is 113 Å². The molecular formula is C61H66O12. The molecule has 0 bridgehead atoms. The maximum atomic E-state index is 11.6. The Hall–Kier alpha value is -5.68. The Morgan fingerprint density at radius 2 is 0.795 bits per heavy atom. The normalized spacial score (nSPS) is 26.9. The number of hydrogen-bond acceptors (Lipinski definition) is 12. The van der Waals surface area contributed by atoms with Gasteiger partial charge in [-0.15, -0.1) is 0 Å². The first-order valence-electron chi connectivity index (χ1n) is 25.2. The van der Waals surface area contributed by atoms with Gasteiger partial charge in [-0.3, -0.25) is 0 Å². The van der Waals surface area contributed by atoms with Gasteiger partial charge in [0.2, 0.25) is 0 Å². The topological polar surface area (TPSA) is 133 Å². The molecule has 2 N–H and O–H groups in total. The summed E-state index contributed by atoms with van der Waals surface area (Å²) >= 11 is 0. The van der Waals surface area contributed by atoms with Crippen LogP contribution in [0.4, 0.5) is 0 Å². The van der Waals surface area contributed by atoms with Gasteiger partial charge in [0.25, 0.3) is 0 Å². The Bertz CT molecular complexity index is 2540. The van der Waals surface area contributed by atoms with Crippen LogP contribution in [-0.4, -0.2) is 97.0 Å². The van der Waals surface area contributed by atoms with E-state index in [1.54, 1.807) is 12.2 Å². The molecular weight excluding hydrogens is 925 g/mol. The summed E-state index contributed by atoms with van der Waals surface area (Å²) in [6, 6.07) is 59.4. The van der Waals surface area contributed by atoms with Crippen molar-refractivity contribution in [1.82, 2.24) is 0 Å². The fourth-order valence-electron chi connectivity index (χ4n) is 9.22. The molecule has 0 amide bonds. The van der Waals surface area contributed by atoms with Crippen molar-refractivity contribution in [2.75, 3.05) is 19.8 Å². The summed E-state index contributed by atoms with van der Waals surface area (Å²) in [5.74, 6) is 0. The predicted octanol–water partition coefficient (Wildman–Crippen LogP) is 9.22. The first-order valence-corrected chi connectivity index (χ1v) is 25.2. The quantitative estimate of drug-likeness (QED) is 0.0567. The standard InChI is InChI=1S/C61H66O12/c62-36-51-54(56(67-40-48-28-14-4-15-29-48)57(68-41-49-30-16-5-17-31-49)59(71-51)70-44-61(63)34-20-7-21-35-61)73-60-58(69-42-50-32-18-6-19-33-50)55(66-39-47-26-12-3-13-27-47)53(65-38-46-24-10-2-11-25-46)52(72-60)43-64-37-45-22-8-1-9-23-45/h1-34,51-60,62-63H,35-44H2/t51-,52-,53+,54-,55+,56+,57-,58-,59?,60+,61?/m1/s1. The maximum absolute atomic E-state index is 11.6. The Morgan fingerprint density at radius 1 is 0.411 bits per heavy atom. The van der Waals surface area contributed by atoms with Crippen LogP contribution >= 0.6 is 0 Å². The second-order valence-electron chi connectivity index (χ2n) is 18.6. The van der Waals surface area contributed by atoms with Crippen LogP contribution in [0.25, 0.3) is 0 Å². The number of hydrogen-bond donors (Lipinski definition) is 2. The van der Waals surface area contributed by atoms with Crippen molar-refractivity contribution in [3.8, 4) is 0 Å². The van der Waals surface area contributed by atoms with Crippen molar-refractivity contribution < 1.29 is 57.6 Å². The summed E-state index contributed by atoms with van der Waals surface area (Å²) in [6.45, 7) is 0.822. The number of rotatable bonds is 25. The molecule has 3 aliphatic rings. The van der Waals surface area contributed by atoms with E-state index in [4.69, 9.17) is 47.4 Å². The largest absolute Gasteiger partial charge is 0.394 e. The maximum Gasteiger partial charge on any atom is 0.187 e. The molecule has 73 heavy (non-hydrogen) atoms. The summed E-state index contributed by atoms with van der Waals surface area (Å²) in [4.78, 5) is 0. The van der Waals surface area contributed by atoms with Gasteiger partial charge in [-0.1, -0.05) is 206 Å². The lowest BCUT2D eigenvalue weighted by Crippen LogP contribution is -2.66. The summed E-state index contributed by atoms with van der Waals surface area (Å²) in [6.07, 6.45) is -1.87. The smallest absolute Gasteiger partial charge is 0.187 e. The third kappa shape index (κ3) is 15.0. The van der Waals surface area contributed by atoms with Crippen LogP contribution in [0.3, 0.4) is 0 Å². The highest BCUT2D eigenvalue weighted by Crippen LogP contribution is 2.37. The van der Waals surface area contributed by atoms with E-state index >= 15 is 0 Å². The van der Waals surface area contributed by atoms with Crippen molar-refractivity contribution in [3.63, 3.8) is 0 Å². The van der Waals surface area contributed by atoms with Gasteiger partial charge in [0, 0.05) is 6.42 Å². The van der Waals surface area contributed by atoms with Crippen molar-refractivity contribution in [1.29, 1.82) is 0 Å². The zero-order valence-corrected chi connectivity index (χ0v) is 41.0. The lowest BCUT2D eigenvalue weighted by atomic mass is 9.95. The molecule has 6 aromatic rings. The molecule has 2 saturated heterocycles. The van der Waals surface area contributed by atoms with E-state index in [0.717, 1.165) is 33.4 Å². The monoisotopic (exact) mass is 990 g/mol. The van der Waals surface area contributed by atoms with Gasteiger partial charge in [0.15, 0.2) is 12.6 Å². The molecule has 0 aromatic heterocycles. The lowest BCUT2D eigenvalue weighted by Gasteiger charge is -2.50. The molecule has 11 atom stereocenters. The zero-order chi connectivity index (χ0) is 49.9. The Labute approximate surface area is 428 Å². The van der Waals surface area contributed by atoms with Gasteiger partial charge in [-0.2, -0.15) is 0 Å². The van der Waals surface area contributed by atoms with Crippen LogP contribution < -0.4 is 0 Å². The van der Waals surface area contributed by atoms with Gasteiger partial charge < -0.3 is 57.6 Å². The van der Waals surface area contributed by atoms with E-state index < -0.39 is 73.6 Å². The number of allylic oxidation sites excluding steroid dienone is 2. The van der Waals surface area contributed by atoms with Crippen LogP contribution in [0.15, 0.2) is 206 Å². The number of aliphatic hydroxyl groups is 2. The summed E-state index contributed by atoms with van der Waals surface area (Å²) in [5.41, 5.74) is 4.37. The first-order chi connectivity index (χ1) is 36.0. The highest BCUT2D eigenvalue weighted by atomic mass is 16.8. The molecule has 2 fully saturated rings. The molecule has 2 heterocycles. The third-order valence-corrected chi connectivity index (χ3v) is 13.1. The van der Waals surface area contributed by atoms with E-state index in [2.05, 4.69) is 0 Å². The molecule has 12 nitrogen and oxygen atoms in total. The van der Waals surface area contributed by atoms with Crippen LogP contribution in [0, 0.1) is 0 Å². The fourth-order valence-corrected chi connectivity index (χ4v) is 9.22. The van der Waals surface area contributed by atoms with E-state index in [-0.39, 0.29) is 46.2 Å². The third-order valence-electron chi connectivity index (χ3n) is 13.1. The summed E-state index contributed by atoms with van der Waals surface area (Å²) < 4.78 is 69.0. The summed E-state index contributed by atoms with van der Waals surface area (Å²) in [5, 5.41) is 22.9. The van der Waals surface area contributed by atoms with Gasteiger partial charge in [-0.05, 0) is 33.4 Å². The van der Waals surface area contributed by atoms with E-state index in [1.807, 2.05) is 194 Å². The number of benzene rings is 6. The minimum Gasteiger partial charge on any atom is -0.394 e. The van der Waals surface area contributed by atoms with Crippen LogP contribution in [0.5, 0.6) is 0 Å². The SMILES string of the molecule is OC[C@H]1OC(OCC2(O)C=CC=CC2)[C@H](OCc2ccccc2)[C@@H](OCc2ccccc2)[C@@H]1O[C@@H]1O[C@H](COCc2ccccc2)[C@H](OCc2ccccc2)[C@H](OCc2ccccc2)[C@H]1OCc1ccccc1. The van der Waals surface area contributed by atoms with Crippen LogP contribution in [0.2, 0.25) is 0 Å². The summed E-state index contributed by atoms with van der Waals surface area (Å²) in [7, 11) is 0. The number of ether oxygens (including phenoxy) is 10. The van der Waals surface area contributed by atoms with Crippen LogP contribution in [0.1, 0.15) is 39.8 Å². The minimum absolute atomic E-state index is 0.106. The van der Waals surface area contributed by atoms with Gasteiger partial charge in [0.05, 0.1) is 59.5 Å². The molecule has 0 spiro atoms. The van der Waals surface area contributed by atoms with Gasteiger partial charge in [-0.25, -0.2) is 0 Å². The van der Waals surface area contributed by atoms with Gasteiger partial charge >= 0.3 is 0 Å². The second-order valence-corrected chi connectivity index (χ2v) is 18.6. The van der Waals surface area contributed by atoms with Gasteiger partial charge in [0.1, 0.15) is 54.4 Å². The molecule has 0 saturated carbocycles. The van der Waals surface area contributed by atoms with E-state index in [9.17, 15) is 10.2 Å². The lowest BCUT2D eigenvalue weighted by molar-refractivity contribution is -0.378. The molecule has 382 valence electrons. The van der Waals surface area contributed by atoms with Crippen molar-refractivity contribution >= 4 is 0 Å². The molecule has 12 heteroatoms. The predicted molar refractivity (Wildman–Crippen MR) is 274 cm³/mol. The molecule has 9 rings (SSSR count).